The van der Waals surface area contributed by atoms with E-state index >= 15 is 0 Å². The number of carbonyl (C=O) groups is 2. The number of alkyl halides is 3. The monoisotopic (exact) mass is 365 g/mol. The Hall–Kier alpha value is -3.29. The third-order valence-corrected chi connectivity index (χ3v) is 3.11. The van der Waals surface area contributed by atoms with Crippen molar-refractivity contribution in [3.63, 3.8) is 0 Å². The Morgan fingerprint density at radius 1 is 1.00 bits per heavy atom. The number of benzene rings is 2. The van der Waals surface area contributed by atoms with Crippen LogP contribution in [0.1, 0.15) is 15.9 Å². The lowest BCUT2D eigenvalue weighted by Crippen LogP contribution is -2.28. The molecular formula is C18H14F3NO4. The quantitative estimate of drug-likeness (QED) is 0.650. The lowest BCUT2D eigenvalue weighted by atomic mass is 10.1. The fourth-order valence-corrected chi connectivity index (χ4v) is 1.97. The Labute approximate surface area is 147 Å². The van der Waals surface area contributed by atoms with E-state index in [0.717, 1.165) is 19.2 Å². The zero-order valence-corrected chi connectivity index (χ0v) is 13.5. The number of ether oxygens (including phenoxy) is 2. The standard InChI is InChI=1S/C18H14F3NO4/c1-25-17(24)15(22-16(23)13-5-3-2-4-6-13)11-12-7-9-14(10-8-12)26-18(19,20)21/h2-11H,1H3,(H,22,23). The first-order chi connectivity index (χ1) is 12.3. The minimum atomic E-state index is -4.79. The van der Waals surface area contributed by atoms with E-state index in [1.165, 1.54) is 18.2 Å². The summed E-state index contributed by atoms with van der Waals surface area (Å²) in [5.74, 6) is -1.73. The number of methoxy groups -OCH3 is 1. The SMILES string of the molecule is COC(=O)C(=Cc1ccc(OC(F)(F)F)cc1)NC(=O)c1ccccc1. The van der Waals surface area contributed by atoms with E-state index in [0.29, 0.717) is 11.1 Å². The van der Waals surface area contributed by atoms with E-state index in [9.17, 15) is 22.8 Å². The summed E-state index contributed by atoms with van der Waals surface area (Å²) in [7, 11) is 1.14. The fourth-order valence-electron chi connectivity index (χ4n) is 1.97. The molecule has 2 rings (SSSR count). The first kappa shape index (κ1) is 19.0. The molecule has 0 bridgehead atoms. The summed E-state index contributed by atoms with van der Waals surface area (Å²) in [6.07, 6.45) is -3.51. The van der Waals surface area contributed by atoms with Gasteiger partial charge in [0, 0.05) is 5.56 Å². The topological polar surface area (TPSA) is 64.6 Å². The predicted molar refractivity (Wildman–Crippen MR) is 87.0 cm³/mol. The van der Waals surface area contributed by atoms with Crippen LogP contribution in [0.3, 0.4) is 0 Å². The van der Waals surface area contributed by atoms with Crippen molar-refractivity contribution in [1.29, 1.82) is 0 Å². The minimum absolute atomic E-state index is 0.161. The molecule has 0 aliphatic rings. The second-order valence-electron chi connectivity index (χ2n) is 4.99. The Balaban J connectivity index is 2.21. The van der Waals surface area contributed by atoms with Gasteiger partial charge in [-0.3, -0.25) is 4.79 Å². The van der Waals surface area contributed by atoms with Crippen LogP contribution in [-0.4, -0.2) is 25.3 Å². The average Bonchev–Trinajstić information content (AvgIpc) is 2.61. The van der Waals surface area contributed by atoms with Crippen molar-refractivity contribution in [1.82, 2.24) is 5.32 Å². The van der Waals surface area contributed by atoms with E-state index in [-0.39, 0.29) is 5.70 Å². The summed E-state index contributed by atoms with van der Waals surface area (Å²) in [4.78, 5) is 24.0. The van der Waals surface area contributed by atoms with Gasteiger partial charge in [-0.1, -0.05) is 30.3 Å². The molecule has 0 saturated carbocycles. The van der Waals surface area contributed by atoms with E-state index in [4.69, 9.17) is 0 Å². The molecular weight excluding hydrogens is 351 g/mol. The van der Waals surface area contributed by atoms with E-state index < -0.39 is 24.0 Å². The van der Waals surface area contributed by atoms with Crippen LogP contribution >= 0.6 is 0 Å². The number of rotatable bonds is 5. The molecule has 0 unspecified atom stereocenters. The zero-order valence-electron chi connectivity index (χ0n) is 13.5. The third kappa shape index (κ3) is 5.66. The molecule has 2 aromatic carbocycles. The molecule has 0 fully saturated rings. The van der Waals surface area contributed by atoms with Gasteiger partial charge in [0.15, 0.2) is 0 Å². The highest BCUT2D eigenvalue weighted by atomic mass is 19.4. The third-order valence-electron chi connectivity index (χ3n) is 3.11. The Kier molecular flexibility index (Phi) is 6.00. The van der Waals surface area contributed by atoms with Gasteiger partial charge >= 0.3 is 12.3 Å². The number of hydrogen-bond donors (Lipinski definition) is 1. The number of amides is 1. The van der Waals surface area contributed by atoms with Crippen LogP contribution < -0.4 is 10.1 Å². The van der Waals surface area contributed by atoms with Gasteiger partial charge in [-0.2, -0.15) is 0 Å². The normalized spacial score (nSPS) is 11.6. The zero-order chi connectivity index (χ0) is 19.2. The molecule has 0 radical (unpaired) electrons. The van der Waals surface area contributed by atoms with Gasteiger partial charge in [0.25, 0.3) is 5.91 Å². The maximum atomic E-state index is 12.2. The molecule has 0 atom stereocenters. The van der Waals surface area contributed by atoms with Crippen LogP contribution in [0.4, 0.5) is 13.2 Å². The molecule has 2 aromatic rings. The van der Waals surface area contributed by atoms with Crippen LogP contribution in [-0.2, 0) is 9.53 Å². The smallest absolute Gasteiger partial charge is 0.464 e. The summed E-state index contributed by atoms with van der Waals surface area (Å²) < 4.78 is 44.9. The van der Waals surface area contributed by atoms with Gasteiger partial charge in [-0.15, -0.1) is 13.2 Å². The van der Waals surface area contributed by atoms with Crippen molar-refractivity contribution >= 4 is 18.0 Å². The van der Waals surface area contributed by atoms with Gasteiger partial charge in [0.2, 0.25) is 0 Å². The van der Waals surface area contributed by atoms with Crippen LogP contribution in [0.25, 0.3) is 6.08 Å². The second-order valence-corrected chi connectivity index (χ2v) is 4.99. The van der Waals surface area contributed by atoms with Crippen molar-refractivity contribution in [3.8, 4) is 5.75 Å². The summed E-state index contributed by atoms with van der Waals surface area (Å²) in [5, 5.41) is 2.42. The van der Waals surface area contributed by atoms with E-state index in [1.54, 1.807) is 30.3 Å². The van der Waals surface area contributed by atoms with Crippen molar-refractivity contribution < 1.29 is 32.2 Å². The highest BCUT2D eigenvalue weighted by molar-refractivity contribution is 6.03. The first-order valence-corrected chi connectivity index (χ1v) is 7.31. The van der Waals surface area contributed by atoms with Crippen molar-refractivity contribution in [2.75, 3.05) is 7.11 Å². The van der Waals surface area contributed by atoms with E-state index in [1.807, 2.05) is 0 Å². The lowest BCUT2D eigenvalue weighted by Gasteiger charge is -2.10. The highest BCUT2D eigenvalue weighted by Crippen LogP contribution is 2.23. The van der Waals surface area contributed by atoms with Crippen molar-refractivity contribution in [3.05, 3.63) is 71.4 Å². The van der Waals surface area contributed by atoms with Crippen molar-refractivity contribution in [2.24, 2.45) is 0 Å². The van der Waals surface area contributed by atoms with Gasteiger partial charge in [0.05, 0.1) is 7.11 Å². The molecule has 0 heterocycles. The highest BCUT2D eigenvalue weighted by Gasteiger charge is 2.30. The Morgan fingerprint density at radius 2 is 1.62 bits per heavy atom. The number of nitrogens with one attached hydrogen (secondary N) is 1. The van der Waals surface area contributed by atoms with Gasteiger partial charge in [-0.25, -0.2) is 4.79 Å². The summed E-state index contributed by atoms with van der Waals surface area (Å²) in [5.41, 5.74) is 0.537. The minimum Gasteiger partial charge on any atom is -0.464 e. The van der Waals surface area contributed by atoms with Crippen LogP contribution in [0.2, 0.25) is 0 Å². The molecule has 26 heavy (non-hydrogen) atoms. The van der Waals surface area contributed by atoms with Gasteiger partial charge in [-0.05, 0) is 35.9 Å². The van der Waals surface area contributed by atoms with E-state index in [2.05, 4.69) is 14.8 Å². The number of hydrogen-bond acceptors (Lipinski definition) is 4. The Morgan fingerprint density at radius 3 is 2.15 bits per heavy atom. The summed E-state index contributed by atoms with van der Waals surface area (Å²) in [6.45, 7) is 0. The number of esters is 1. The molecule has 1 N–H and O–H groups in total. The Bertz CT molecular complexity index is 799. The largest absolute Gasteiger partial charge is 0.573 e. The molecule has 8 heteroatoms. The summed E-state index contributed by atoms with van der Waals surface area (Å²) >= 11 is 0. The molecule has 0 spiro atoms. The molecule has 0 aliphatic carbocycles. The molecule has 0 aromatic heterocycles. The summed E-state index contributed by atoms with van der Waals surface area (Å²) in [6, 6.07) is 13.0. The van der Waals surface area contributed by atoms with Crippen LogP contribution in [0.15, 0.2) is 60.3 Å². The molecule has 0 saturated heterocycles. The second kappa shape index (κ2) is 8.19. The molecule has 136 valence electrons. The predicted octanol–water partition coefficient (Wildman–Crippen LogP) is 3.53. The maximum absolute atomic E-state index is 12.2. The van der Waals surface area contributed by atoms with Gasteiger partial charge < -0.3 is 14.8 Å². The molecule has 1 amide bonds. The lowest BCUT2D eigenvalue weighted by molar-refractivity contribution is -0.274. The van der Waals surface area contributed by atoms with Crippen molar-refractivity contribution in [2.45, 2.75) is 6.36 Å². The maximum Gasteiger partial charge on any atom is 0.573 e. The number of halogens is 3. The van der Waals surface area contributed by atoms with Gasteiger partial charge in [0.1, 0.15) is 11.4 Å². The van der Waals surface area contributed by atoms with Crippen LogP contribution in [0, 0.1) is 0 Å². The first-order valence-electron chi connectivity index (χ1n) is 7.31. The van der Waals surface area contributed by atoms with Crippen LogP contribution in [0.5, 0.6) is 5.75 Å². The fraction of sp³-hybridized carbons (Fsp3) is 0.111. The molecule has 5 nitrogen and oxygen atoms in total. The average molecular weight is 365 g/mol. The molecule has 0 aliphatic heterocycles. The number of carbonyl (C=O) groups excluding carboxylic acids is 2.